The lowest BCUT2D eigenvalue weighted by atomic mass is 10.1. The van der Waals surface area contributed by atoms with E-state index in [1.807, 2.05) is 0 Å². The number of carbonyl (C=O) groups is 1. The van der Waals surface area contributed by atoms with Crippen LogP contribution in [0.3, 0.4) is 0 Å². The van der Waals surface area contributed by atoms with Crippen molar-refractivity contribution in [2.45, 2.75) is 20.3 Å². The molecule has 0 aliphatic carbocycles. The zero-order chi connectivity index (χ0) is 15.8. The molecule has 0 atom stereocenters. The zero-order valence-corrected chi connectivity index (χ0v) is 12.0. The first-order valence-electron chi connectivity index (χ1n) is 6.61. The maximum Gasteiger partial charge on any atom is 0.339 e. The summed E-state index contributed by atoms with van der Waals surface area (Å²) in [5.74, 6) is -0.608. The lowest BCUT2D eigenvalue weighted by Crippen LogP contribution is -2.14. The highest BCUT2D eigenvalue weighted by molar-refractivity contribution is 5.93. The van der Waals surface area contributed by atoms with E-state index in [1.54, 1.807) is 0 Å². The Bertz CT molecular complexity index is 505. The largest absolute Gasteiger partial charge is 0.478 e. The molecule has 0 spiro atoms. The number of nitrogens with zero attached hydrogens (tertiary/aromatic N) is 2. The smallest absolute Gasteiger partial charge is 0.339 e. The van der Waals surface area contributed by atoms with Gasteiger partial charge in [-0.15, -0.1) is 0 Å². The molecular weight excluding hydrogens is 278 g/mol. The Morgan fingerprint density at radius 3 is 2.81 bits per heavy atom. The quantitative estimate of drug-likeness (QED) is 0.407. The van der Waals surface area contributed by atoms with Crippen molar-refractivity contribution in [3.8, 4) is 0 Å². The molecule has 1 heterocycles. The third-order valence-corrected chi connectivity index (χ3v) is 2.69. The van der Waals surface area contributed by atoms with E-state index in [2.05, 4.69) is 24.1 Å². The normalized spacial score (nSPS) is 10.6. The average molecular weight is 297 g/mol. The molecule has 116 valence electrons. The van der Waals surface area contributed by atoms with Gasteiger partial charge in [-0.3, -0.25) is 10.1 Å². The second kappa shape index (κ2) is 8.15. The minimum Gasteiger partial charge on any atom is -0.478 e. The Labute approximate surface area is 122 Å². The molecule has 0 amide bonds. The molecule has 21 heavy (non-hydrogen) atoms. The molecule has 0 fully saturated rings. The zero-order valence-electron chi connectivity index (χ0n) is 12.0. The SMILES string of the molecule is CC(C)CCOCCNc1ncc([N+](=O)[O-])cc1C(=O)O. The van der Waals surface area contributed by atoms with Gasteiger partial charge in [0.2, 0.25) is 0 Å². The number of carboxylic acid groups (broad SMARTS) is 1. The molecule has 0 aliphatic rings. The number of anilines is 1. The fourth-order valence-corrected chi connectivity index (χ4v) is 1.52. The van der Waals surface area contributed by atoms with Gasteiger partial charge in [-0.05, 0) is 12.3 Å². The number of pyridine rings is 1. The van der Waals surface area contributed by atoms with Crippen LogP contribution in [0, 0.1) is 16.0 Å². The van der Waals surface area contributed by atoms with Gasteiger partial charge in [0.15, 0.2) is 0 Å². The van der Waals surface area contributed by atoms with Crippen LogP contribution in [-0.4, -0.2) is 40.7 Å². The molecular formula is C13H19N3O5. The van der Waals surface area contributed by atoms with E-state index in [1.165, 1.54) is 0 Å². The molecule has 0 aliphatic heterocycles. The molecule has 0 saturated carbocycles. The minimum absolute atomic E-state index is 0.0977. The molecule has 0 bridgehead atoms. The number of aromatic nitrogens is 1. The molecule has 2 N–H and O–H groups in total. The van der Waals surface area contributed by atoms with Gasteiger partial charge >= 0.3 is 5.97 Å². The van der Waals surface area contributed by atoms with Gasteiger partial charge in [0.05, 0.1) is 11.5 Å². The summed E-state index contributed by atoms with van der Waals surface area (Å²) in [6, 6.07) is 0.983. The molecule has 1 rings (SSSR count). The number of rotatable bonds is 9. The topological polar surface area (TPSA) is 115 Å². The first kappa shape index (κ1) is 16.8. The van der Waals surface area contributed by atoms with Gasteiger partial charge in [-0.2, -0.15) is 0 Å². The summed E-state index contributed by atoms with van der Waals surface area (Å²) >= 11 is 0. The lowest BCUT2D eigenvalue weighted by Gasteiger charge is -2.09. The standard InChI is InChI=1S/C13H19N3O5/c1-9(2)3-5-21-6-4-14-12-11(13(17)18)7-10(8-15-12)16(19)20/h7-9H,3-6H2,1-2H3,(H,14,15)(H,17,18). The summed E-state index contributed by atoms with van der Waals surface area (Å²) in [5.41, 5.74) is -0.586. The summed E-state index contributed by atoms with van der Waals surface area (Å²) < 4.78 is 5.38. The van der Waals surface area contributed by atoms with E-state index >= 15 is 0 Å². The Morgan fingerprint density at radius 1 is 1.52 bits per heavy atom. The molecule has 0 unspecified atom stereocenters. The molecule has 0 radical (unpaired) electrons. The molecule has 0 aromatic carbocycles. The average Bonchev–Trinajstić information content (AvgIpc) is 2.42. The van der Waals surface area contributed by atoms with Crippen molar-refractivity contribution in [1.29, 1.82) is 0 Å². The Morgan fingerprint density at radius 2 is 2.24 bits per heavy atom. The lowest BCUT2D eigenvalue weighted by molar-refractivity contribution is -0.385. The van der Waals surface area contributed by atoms with Crippen LogP contribution in [0.5, 0.6) is 0 Å². The van der Waals surface area contributed by atoms with Crippen LogP contribution in [0.4, 0.5) is 11.5 Å². The highest BCUT2D eigenvalue weighted by Crippen LogP contribution is 2.18. The minimum atomic E-state index is -1.27. The van der Waals surface area contributed by atoms with Gasteiger partial charge in [-0.25, -0.2) is 9.78 Å². The van der Waals surface area contributed by atoms with Crippen LogP contribution in [0.1, 0.15) is 30.6 Å². The van der Waals surface area contributed by atoms with Crippen LogP contribution in [0.15, 0.2) is 12.3 Å². The third kappa shape index (κ3) is 5.74. The first-order chi connectivity index (χ1) is 9.91. The number of hydrogen-bond donors (Lipinski definition) is 2. The maximum atomic E-state index is 11.1. The van der Waals surface area contributed by atoms with E-state index in [9.17, 15) is 14.9 Å². The molecule has 8 heteroatoms. The summed E-state index contributed by atoms with van der Waals surface area (Å²) in [5, 5.41) is 22.5. The second-order valence-electron chi connectivity index (χ2n) is 4.87. The van der Waals surface area contributed by atoms with Crippen molar-refractivity contribution in [3.63, 3.8) is 0 Å². The van der Waals surface area contributed by atoms with Gasteiger partial charge in [0.1, 0.15) is 17.6 Å². The van der Waals surface area contributed by atoms with Crippen LogP contribution < -0.4 is 5.32 Å². The van der Waals surface area contributed by atoms with Crippen LogP contribution >= 0.6 is 0 Å². The Hall–Kier alpha value is -2.22. The summed E-state index contributed by atoms with van der Waals surface area (Å²) in [6.07, 6.45) is 1.98. The highest BCUT2D eigenvalue weighted by Gasteiger charge is 2.17. The molecule has 8 nitrogen and oxygen atoms in total. The van der Waals surface area contributed by atoms with Crippen LogP contribution in [0.25, 0.3) is 0 Å². The number of ether oxygens (including phenoxy) is 1. The number of carboxylic acids is 1. The Kier molecular flexibility index (Phi) is 6.54. The number of nitro groups is 1. The number of nitrogens with one attached hydrogen (secondary N) is 1. The number of hydrogen-bond acceptors (Lipinski definition) is 6. The predicted molar refractivity (Wildman–Crippen MR) is 76.6 cm³/mol. The predicted octanol–water partition coefficient (Wildman–Crippen LogP) is 2.16. The van der Waals surface area contributed by atoms with Crippen molar-refractivity contribution >= 4 is 17.5 Å². The van der Waals surface area contributed by atoms with E-state index in [-0.39, 0.29) is 17.1 Å². The highest BCUT2D eigenvalue weighted by atomic mass is 16.6. The maximum absolute atomic E-state index is 11.1. The van der Waals surface area contributed by atoms with E-state index < -0.39 is 10.9 Å². The van der Waals surface area contributed by atoms with E-state index in [0.29, 0.717) is 25.7 Å². The second-order valence-corrected chi connectivity index (χ2v) is 4.87. The summed E-state index contributed by atoms with van der Waals surface area (Å²) in [7, 11) is 0. The monoisotopic (exact) mass is 297 g/mol. The van der Waals surface area contributed by atoms with Crippen LogP contribution in [0.2, 0.25) is 0 Å². The third-order valence-electron chi connectivity index (χ3n) is 2.69. The summed E-state index contributed by atoms with van der Waals surface area (Å²) in [4.78, 5) is 24.8. The van der Waals surface area contributed by atoms with Gasteiger partial charge < -0.3 is 15.2 Å². The van der Waals surface area contributed by atoms with Crippen molar-refractivity contribution in [1.82, 2.24) is 4.98 Å². The van der Waals surface area contributed by atoms with Gasteiger partial charge in [0, 0.05) is 19.2 Å². The van der Waals surface area contributed by atoms with E-state index in [0.717, 1.165) is 18.7 Å². The van der Waals surface area contributed by atoms with Crippen LogP contribution in [-0.2, 0) is 4.74 Å². The molecule has 1 aromatic heterocycles. The number of aromatic carboxylic acids is 1. The molecule has 0 saturated heterocycles. The van der Waals surface area contributed by atoms with Gasteiger partial charge in [0.25, 0.3) is 5.69 Å². The van der Waals surface area contributed by atoms with Gasteiger partial charge in [-0.1, -0.05) is 13.8 Å². The van der Waals surface area contributed by atoms with Crippen molar-refractivity contribution in [3.05, 3.63) is 27.9 Å². The first-order valence-corrected chi connectivity index (χ1v) is 6.61. The van der Waals surface area contributed by atoms with Crippen molar-refractivity contribution in [2.75, 3.05) is 25.1 Å². The fourth-order valence-electron chi connectivity index (χ4n) is 1.52. The van der Waals surface area contributed by atoms with E-state index in [4.69, 9.17) is 9.84 Å². The summed E-state index contributed by atoms with van der Waals surface area (Å²) in [6.45, 7) is 5.62. The molecule has 1 aromatic rings. The fraction of sp³-hybridized carbons (Fsp3) is 0.538. The Balaban J connectivity index is 2.54. The van der Waals surface area contributed by atoms with Crippen molar-refractivity contribution in [2.24, 2.45) is 5.92 Å². The van der Waals surface area contributed by atoms with Crippen molar-refractivity contribution < 1.29 is 19.6 Å².